The standard InChI is InChI=1S/C17H18N4O3S/c1-12-7-8-13(2)16(9-12)25(23,24)20-19-17(22)10-21-11-18-14-5-3-4-6-15(14)21/h3-9,11,20H,10H2,1-2H3,(H,19,22). The molecule has 130 valence electrons. The van der Waals surface area contributed by atoms with Crippen LogP contribution in [0.3, 0.4) is 0 Å². The number of benzene rings is 2. The Labute approximate surface area is 145 Å². The number of amides is 1. The fourth-order valence-corrected chi connectivity index (χ4v) is 3.70. The monoisotopic (exact) mass is 358 g/mol. The van der Waals surface area contributed by atoms with Crippen molar-refractivity contribution in [3.63, 3.8) is 0 Å². The van der Waals surface area contributed by atoms with E-state index in [1.54, 1.807) is 36.9 Å². The third-order valence-electron chi connectivity index (χ3n) is 3.80. The molecular formula is C17H18N4O3S. The Bertz CT molecular complexity index is 1040. The minimum absolute atomic E-state index is 0.0458. The van der Waals surface area contributed by atoms with Crippen LogP contribution in [-0.2, 0) is 21.4 Å². The Balaban J connectivity index is 1.70. The van der Waals surface area contributed by atoms with Crippen LogP contribution < -0.4 is 10.3 Å². The molecule has 0 atom stereocenters. The first kappa shape index (κ1) is 17.1. The van der Waals surface area contributed by atoms with Gasteiger partial charge >= 0.3 is 0 Å². The van der Waals surface area contributed by atoms with E-state index in [9.17, 15) is 13.2 Å². The van der Waals surface area contributed by atoms with E-state index in [0.717, 1.165) is 16.6 Å². The zero-order chi connectivity index (χ0) is 18.0. The maximum absolute atomic E-state index is 12.4. The number of imidazole rings is 1. The number of nitrogens with zero attached hydrogens (tertiary/aromatic N) is 2. The van der Waals surface area contributed by atoms with Crippen molar-refractivity contribution in [1.82, 2.24) is 19.8 Å². The molecule has 0 aliphatic heterocycles. The van der Waals surface area contributed by atoms with Gasteiger partial charge in [0.1, 0.15) is 6.54 Å². The van der Waals surface area contributed by atoms with Crippen LogP contribution in [0.5, 0.6) is 0 Å². The predicted octanol–water partition coefficient (Wildman–Crippen LogP) is 1.66. The summed E-state index contributed by atoms with van der Waals surface area (Å²) in [5, 5.41) is 0. The van der Waals surface area contributed by atoms with Crippen LogP contribution in [0.15, 0.2) is 53.7 Å². The van der Waals surface area contributed by atoms with Gasteiger partial charge in [-0.1, -0.05) is 24.3 Å². The summed E-state index contributed by atoms with van der Waals surface area (Å²) in [6.45, 7) is 3.46. The summed E-state index contributed by atoms with van der Waals surface area (Å²) in [5.41, 5.74) is 5.24. The number of fused-ring (bicyclic) bond motifs is 1. The van der Waals surface area contributed by atoms with Crippen LogP contribution in [0.25, 0.3) is 11.0 Å². The molecule has 2 aromatic carbocycles. The normalized spacial score (nSPS) is 11.6. The molecule has 0 unspecified atom stereocenters. The molecule has 0 bridgehead atoms. The van der Waals surface area contributed by atoms with E-state index in [1.165, 1.54) is 0 Å². The average molecular weight is 358 g/mol. The Morgan fingerprint density at radius 2 is 1.92 bits per heavy atom. The van der Waals surface area contributed by atoms with Gasteiger partial charge in [0, 0.05) is 0 Å². The Morgan fingerprint density at radius 3 is 2.72 bits per heavy atom. The molecule has 25 heavy (non-hydrogen) atoms. The van der Waals surface area contributed by atoms with Gasteiger partial charge in [-0.15, -0.1) is 4.83 Å². The predicted molar refractivity (Wildman–Crippen MR) is 94.1 cm³/mol. The SMILES string of the molecule is Cc1ccc(C)c(S(=O)(=O)NNC(=O)Cn2cnc3ccccc32)c1. The summed E-state index contributed by atoms with van der Waals surface area (Å²) in [4.78, 5) is 18.6. The van der Waals surface area contributed by atoms with E-state index in [2.05, 4.69) is 15.2 Å². The highest BCUT2D eigenvalue weighted by Crippen LogP contribution is 2.16. The number of carbonyl (C=O) groups excluding carboxylic acids is 1. The van der Waals surface area contributed by atoms with Crippen molar-refractivity contribution in [2.75, 3.05) is 0 Å². The first-order valence-electron chi connectivity index (χ1n) is 7.64. The topological polar surface area (TPSA) is 93.1 Å². The molecule has 1 heterocycles. The Hall–Kier alpha value is -2.71. The van der Waals surface area contributed by atoms with E-state index < -0.39 is 15.9 Å². The fourth-order valence-electron chi connectivity index (χ4n) is 2.51. The molecule has 1 aromatic heterocycles. The van der Waals surface area contributed by atoms with Gasteiger partial charge in [-0.25, -0.2) is 13.4 Å². The maximum atomic E-state index is 12.4. The van der Waals surface area contributed by atoms with E-state index in [1.807, 2.05) is 30.3 Å². The number of carbonyl (C=O) groups is 1. The number of para-hydroxylation sites is 2. The highest BCUT2D eigenvalue weighted by molar-refractivity contribution is 7.89. The molecule has 0 spiro atoms. The van der Waals surface area contributed by atoms with Gasteiger partial charge < -0.3 is 4.57 Å². The lowest BCUT2D eigenvalue weighted by molar-refractivity contribution is -0.122. The highest BCUT2D eigenvalue weighted by Gasteiger charge is 2.18. The Morgan fingerprint density at radius 1 is 1.16 bits per heavy atom. The zero-order valence-corrected chi connectivity index (χ0v) is 14.7. The van der Waals surface area contributed by atoms with Crippen molar-refractivity contribution in [1.29, 1.82) is 0 Å². The van der Waals surface area contributed by atoms with Crippen LogP contribution in [0, 0.1) is 13.8 Å². The van der Waals surface area contributed by atoms with Gasteiger partial charge in [-0.05, 0) is 43.2 Å². The molecule has 1 amide bonds. The summed E-state index contributed by atoms with van der Waals surface area (Å²) >= 11 is 0. The smallest absolute Gasteiger partial charge is 0.257 e. The van der Waals surface area contributed by atoms with Crippen molar-refractivity contribution in [3.8, 4) is 0 Å². The molecular weight excluding hydrogens is 340 g/mol. The number of hydrogen-bond acceptors (Lipinski definition) is 4. The summed E-state index contributed by atoms with van der Waals surface area (Å²) in [5.74, 6) is -0.489. The van der Waals surface area contributed by atoms with Gasteiger partial charge in [-0.2, -0.15) is 0 Å². The molecule has 7 nitrogen and oxygen atoms in total. The molecule has 2 N–H and O–H groups in total. The molecule has 0 saturated carbocycles. The number of sulfonamides is 1. The minimum atomic E-state index is -3.84. The van der Waals surface area contributed by atoms with E-state index >= 15 is 0 Å². The summed E-state index contributed by atoms with van der Waals surface area (Å²) in [6.07, 6.45) is 1.55. The third-order valence-corrected chi connectivity index (χ3v) is 5.19. The third kappa shape index (κ3) is 3.70. The lowest BCUT2D eigenvalue weighted by atomic mass is 10.2. The quantitative estimate of drug-likeness (QED) is 0.679. The van der Waals surface area contributed by atoms with E-state index in [0.29, 0.717) is 5.56 Å². The molecule has 0 aliphatic rings. The van der Waals surface area contributed by atoms with Crippen molar-refractivity contribution < 1.29 is 13.2 Å². The molecule has 0 fully saturated rings. The van der Waals surface area contributed by atoms with Crippen LogP contribution >= 0.6 is 0 Å². The van der Waals surface area contributed by atoms with Gasteiger partial charge in [0.15, 0.2) is 0 Å². The largest absolute Gasteiger partial charge is 0.321 e. The summed E-state index contributed by atoms with van der Waals surface area (Å²) in [7, 11) is -3.84. The van der Waals surface area contributed by atoms with Crippen LogP contribution in [-0.4, -0.2) is 23.9 Å². The van der Waals surface area contributed by atoms with Crippen molar-refractivity contribution >= 4 is 27.0 Å². The lowest BCUT2D eigenvalue weighted by Crippen LogP contribution is -2.43. The summed E-state index contributed by atoms with van der Waals surface area (Å²) in [6, 6.07) is 12.5. The van der Waals surface area contributed by atoms with Crippen LogP contribution in [0.2, 0.25) is 0 Å². The van der Waals surface area contributed by atoms with Gasteiger partial charge in [0.2, 0.25) is 0 Å². The zero-order valence-electron chi connectivity index (χ0n) is 13.9. The molecule has 3 aromatic rings. The molecule has 0 aliphatic carbocycles. The van der Waals surface area contributed by atoms with Crippen LogP contribution in [0.4, 0.5) is 0 Å². The van der Waals surface area contributed by atoms with E-state index in [4.69, 9.17) is 0 Å². The lowest BCUT2D eigenvalue weighted by Gasteiger charge is -2.11. The number of aromatic nitrogens is 2. The number of rotatable bonds is 5. The maximum Gasteiger partial charge on any atom is 0.257 e. The second kappa shape index (κ2) is 6.66. The molecule has 8 heteroatoms. The van der Waals surface area contributed by atoms with Gasteiger partial charge in [-0.3, -0.25) is 10.2 Å². The molecule has 3 rings (SSSR count). The van der Waals surface area contributed by atoms with Crippen molar-refractivity contribution in [3.05, 3.63) is 59.9 Å². The fraction of sp³-hybridized carbons (Fsp3) is 0.176. The van der Waals surface area contributed by atoms with Gasteiger partial charge in [0.25, 0.3) is 15.9 Å². The number of hydrogen-bond donors (Lipinski definition) is 2. The molecule has 0 radical (unpaired) electrons. The highest BCUT2D eigenvalue weighted by atomic mass is 32.2. The van der Waals surface area contributed by atoms with Gasteiger partial charge in [0.05, 0.1) is 22.3 Å². The average Bonchev–Trinajstić information content (AvgIpc) is 2.98. The number of aryl methyl sites for hydroxylation is 2. The first-order chi connectivity index (χ1) is 11.9. The second-order valence-electron chi connectivity index (χ2n) is 5.78. The second-order valence-corrected chi connectivity index (χ2v) is 7.43. The van der Waals surface area contributed by atoms with Crippen molar-refractivity contribution in [2.24, 2.45) is 0 Å². The number of nitrogens with one attached hydrogen (secondary N) is 2. The first-order valence-corrected chi connectivity index (χ1v) is 9.13. The van der Waals surface area contributed by atoms with E-state index in [-0.39, 0.29) is 11.4 Å². The summed E-state index contributed by atoms with van der Waals surface area (Å²) < 4.78 is 26.4. The Kier molecular flexibility index (Phi) is 4.56. The van der Waals surface area contributed by atoms with Crippen LogP contribution in [0.1, 0.15) is 11.1 Å². The minimum Gasteiger partial charge on any atom is -0.321 e. The molecule has 0 saturated heterocycles. The van der Waals surface area contributed by atoms with Crippen molar-refractivity contribution in [2.45, 2.75) is 25.3 Å². The number of hydrazine groups is 1.